The van der Waals surface area contributed by atoms with E-state index in [1.165, 1.54) is 0 Å². The number of benzene rings is 2. The maximum absolute atomic E-state index is 13.5. The zero-order valence-corrected chi connectivity index (χ0v) is 21.8. The third-order valence-corrected chi connectivity index (χ3v) is 8.54. The molecule has 202 valence electrons. The van der Waals surface area contributed by atoms with Crippen molar-refractivity contribution in [3.8, 4) is 6.07 Å². The summed E-state index contributed by atoms with van der Waals surface area (Å²) in [7, 11) is 0. The molecule has 39 heavy (non-hydrogen) atoms. The van der Waals surface area contributed by atoms with E-state index >= 15 is 0 Å². The summed E-state index contributed by atoms with van der Waals surface area (Å²) in [5.41, 5.74) is 19.5. The highest BCUT2D eigenvalue weighted by Gasteiger charge is 2.54. The molecule has 0 radical (unpaired) electrons. The van der Waals surface area contributed by atoms with Gasteiger partial charge in [-0.15, -0.1) is 0 Å². The van der Waals surface area contributed by atoms with Crippen LogP contribution in [0.2, 0.25) is 0 Å². The van der Waals surface area contributed by atoms with Crippen LogP contribution in [0.3, 0.4) is 0 Å². The molecule has 4 amide bonds. The van der Waals surface area contributed by atoms with Gasteiger partial charge in [0.15, 0.2) is 0 Å². The van der Waals surface area contributed by atoms with Crippen molar-refractivity contribution in [1.29, 1.82) is 5.26 Å². The maximum Gasteiger partial charge on any atom is 0.248 e. The number of aryl methyl sites for hydroxylation is 2. The number of primary amides is 3. The number of carbonyl (C=O) groups excluding carboxylic acids is 4. The van der Waals surface area contributed by atoms with E-state index in [0.29, 0.717) is 41.0 Å². The van der Waals surface area contributed by atoms with Gasteiger partial charge in [0.1, 0.15) is 11.5 Å². The molecule has 2 aliphatic carbocycles. The Morgan fingerprint density at radius 3 is 2.05 bits per heavy atom. The van der Waals surface area contributed by atoms with Gasteiger partial charge in [-0.1, -0.05) is 12.1 Å². The number of hydrogen-bond acceptors (Lipinski definition) is 6. The van der Waals surface area contributed by atoms with Crippen LogP contribution in [0.15, 0.2) is 36.4 Å². The molecule has 0 spiro atoms. The number of amides is 4. The van der Waals surface area contributed by atoms with Crippen LogP contribution in [0, 0.1) is 17.2 Å². The minimum Gasteiger partial charge on any atom is -0.369 e. The summed E-state index contributed by atoms with van der Waals surface area (Å²) in [6.45, 7) is 1.90. The van der Waals surface area contributed by atoms with Gasteiger partial charge in [0.25, 0.3) is 0 Å². The summed E-state index contributed by atoms with van der Waals surface area (Å²) in [6.07, 6.45) is 2.87. The minimum absolute atomic E-state index is 0.0261. The number of nitrogens with zero attached hydrogens (tertiary/aromatic N) is 2. The Hall–Kier alpha value is -4.23. The predicted octanol–water partition coefficient (Wildman–Crippen LogP) is 0.636. The monoisotopic (exact) mass is 528 g/mol. The zero-order chi connectivity index (χ0) is 28.1. The number of likely N-dealkylation sites (tertiary alicyclic amines) is 1. The van der Waals surface area contributed by atoms with Gasteiger partial charge in [-0.2, -0.15) is 5.26 Å². The van der Waals surface area contributed by atoms with E-state index < -0.39 is 29.2 Å². The fourth-order valence-corrected chi connectivity index (χ4v) is 6.56. The molecule has 1 heterocycles. The number of rotatable bonds is 8. The Morgan fingerprint density at radius 1 is 1.00 bits per heavy atom. The van der Waals surface area contributed by atoms with E-state index in [1.807, 2.05) is 6.92 Å². The lowest BCUT2D eigenvalue weighted by atomic mass is 9.68. The molecule has 1 aliphatic heterocycles. The van der Waals surface area contributed by atoms with Gasteiger partial charge in [-0.3, -0.25) is 19.2 Å². The third-order valence-electron chi connectivity index (χ3n) is 8.54. The Labute approximate surface area is 226 Å². The minimum atomic E-state index is -1.31. The van der Waals surface area contributed by atoms with Crippen molar-refractivity contribution in [2.24, 2.45) is 23.1 Å². The van der Waals surface area contributed by atoms with Crippen LogP contribution in [-0.2, 0) is 27.8 Å². The molecule has 5 rings (SSSR count). The molecular formula is C29H32N6O4. The number of carbonyl (C=O) groups is 4. The second-order valence-electron chi connectivity index (χ2n) is 11.0. The highest BCUT2D eigenvalue weighted by Crippen LogP contribution is 2.47. The van der Waals surface area contributed by atoms with Crippen LogP contribution in [0.1, 0.15) is 69.2 Å². The van der Waals surface area contributed by atoms with E-state index in [1.54, 1.807) is 41.3 Å². The average Bonchev–Trinajstić information content (AvgIpc) is 3.60. The topological polar surface area (TPSA) is 185 Å². The second kappa shape index (κ2) is 9.82. The second-order valence-corrected chi connectivity index (χ2v) is 11.0. The van der Waals surface area contributed by atoms with E-state index in [-0.39, 0.29) is 31.0 Å². The molecular weight excluding hydrogens is 496 g/mol. The molecule has 2 aromatic rings. The Morgan fingerprint density at radius 2 is 1.56 bits per heavy atom. The molecule has 3 aliphatic rings. The number of nitrogens with one attached hydrogen (secondary N) is 1. The highest BCUT2D eigenvalue weighted by molar-refractivity contribution is 5.96. The smallest absolute Gasteiger partial charge is 0.248 e. The molecule has 4 atom stereocenters. The SMILES string of the molecule is C[C@@H](CC1(C(N)=O)c2ccc(C(N)=O)cc2CCc2cc(C(N)=O)ccc21)NCC(=O)N1C(C#N)C[C@@H]2C[C@@H]21. The molecule has 2 fully saturated rings. The van der Waals surface area contributed by atoms with Crippen LogP contribution in [0.25, 0.3) is 0 Å². The van der Waals surface area contributed by atoms with Crippen molar-refractivity contribution >= 4 is 23.6 Å². The molecule has 7 N–H and O–H groups in total. The largest absolute Gasteiger partial charge is 0.369 e. The Bertz CT molecular complexity index is 1360. The first-order chi connectivity index (χ1) is 18.6. The van der Waals surface area contributed by atoms with Crippen LogP contribution in [0.5, 0.6) is 0 Å². The van der Waals surface area contributed by atoms with Gasteiger partial charge in [0, 0.05) is 23.2 Å². The summed E-state index contributed by atoms with van der Waals surface area (Å²) in [6, 6.07) is 11.7. The number of nitrogens with two attached hydrogens (primary N) is 3. The van der Waals surface area contributed by atoms with Gasteiger partial charge >= 0.3 is 0 Å². The van der Waals surface area contributed by atoms with Gasteiger partial charge in [0.05, 0.1) is 12.6 Å². The highest BCUT2D eigenvalue weighted by atomic mass is 16.2. The van der Waals surface area contributed by atoms with E-state index in [2.05, 4.69) is 11.4 Å². The lowest BCUT2D eigenvalue weighted by Gasteiger charge is -2.36. The average molecular weight is 529 g/mol. The van der Waals surface area contributed by atoms with Crippen molar-refractivity contribution in [2.75, 3.05) is 6.54 Å². The normalized spacial score (nSPS) is 22.9. The fourth-order valence-electron chi connectivity index (χ4n) is 6.56. The Kier molecular flexibility index (Phi) is 6.64. The zero-order valence-electron chi connectivity index (χ0n) is 21.8. The Balaban J connectivity index is 1.50. The van der Waals surface area contributed by atoms with Crippen molar-refractivity contribution < 1.29 is 19.2 Å². The summed E-state index contributed by atoms with van der Waals surface area (Å²) in [4.78, 5) is 52.1. The molecule has 2 aromatic carbocycles. The summed E-state index contributed by atoms with van der Waals surface area (Å²) < 4.78 is 0. The summed E-state index contributed by atoms with van der Waals surface area (Å²) in [5, 5.41) is 12.7. The number of fused-ring (bicyclic) bond motifs is 3. The number of hydrogen-bond donors (Lipinski definition) is 4. The van der Waals surface area contributed by atoms with Gasteiger partial charge in [-0.25, -0.2) is 0 Å². The summed E-state index contributed by atoms with van der Waals surface area (Å²) in [5.74, 6) is -1.46. The van der Waals surface area contributed by atoms with Crippen LogP contribution < -0.4 is 22.5 Å². The van der Waals surface area contributed by atoms with Gasteiger partial charge in [0.2, 0.25) is 23.6 Å². The molecule has 10 nitrogen and oxygen atoms in total. The van der Waals surface area contributed by atoms with E-state index in [4.69, 9.17) is 17.2 Å². The van der Waals surface area contributed by atoms with Crippen LogP contribution in [0.4, 0.5) is 0 Å². The van der Waals surface area contributed by atoms with E-state index in [0.717, 1.165) is 24.0 Å². The first-order valence-electron chi connectivity index (χ1n) is 13.2. The third kappa shape index (κ3) is 4.53. The lowest BCUT2D eigenvalue weighted by molar-refractivity contribution is -0.131. The van der Waals surface area contributed by atoms with Gasteiger partial charge < -0.3 is 27.4 Å². The fraction of sp³-hybridized carbons (Fsp3) is 0.414. The van der Waals surface area contributed by atoms with Gasteiger partial charge in [-0.05, 0) is 91.5 Å². The standard InChI is InChI=1S/C29H32N6O4/c1-15(34-14-25(36)35-21(13-30)10-20-11-24(20)35)12-29(28(33)39)22-6-4-18(26(31)37)8-16(22)2-3-17-9-19(27(32)38)5-7-23(17)29/h4-9,15,20-21,24,34H,2-3,10-12,14H2,1H3,(H2,31,37)(H2,32,38)(H2,33,39)/t15-,20+,21?,24-/m0/s1. The summed E-state index contributed by atoms with van der Waals surface area (Å²) >= 11 is 0. The molecule has 1 unspecified atom stereocenters. The maximum atomic E-state index is 13.5. The van der Waals surface area contributed by atoms with Crippen molar-refractivity contribution in [1.82, 2.24) is 10.2 Å². The molecule has 1 saturated heterocycles. The van der Waals surface area contributed by atoms with Crippen molar-refractivity contribution in [3.63, 3.8) is 0 Å². The first-order valence-corrected chi connectivity index (χ1v) is 13.2. The number of piperidine rings is 1. The predicted molar refractivity (Wildman–Crippen MR) is 142 cm³/mol. The molecule has 10 heteroatoms. The van der Waals surface area contributed by atoms with Crippen molar-refractivity contribution in [2.45, 2.75) is 62.6 Å². The van der Waals surface area contributed by atoms with E-state index in [9.17, 15) is 24.4 Å². The lowest BCUT2D eigenvalue weighted by Crippen LogP contribution is -2.49. The molecule has 1 saturated carbocycles. The molecule has 0 aromatic heterocycles. The number of nitriles is 1. The molecule has 0 bridgehead atoms. The first kappa shape index (κ1) is 26.4. The quantitative estimate of drug-likeness (QED) is 0.389. The van der Waals surface area contributed by atoms with Crippen LogP contribution >= 0.6 is 0 Å². The van der Waals surface area contributed by atoms with Crippen LogP contribution in [-0.4, -0.2) is 53.2 Å². The van der Waals surface area contributed by atoms with Crippen molar-refractivity contribution in [3.05, 3.63) is 69.8 Å².